The first-order valence-electron chi connectivity index (χ1n) is 7.21. The smallest absolute Gasteiger partial charge is 0.236 e. The average Bonchev–Trinajstić information content (AvgIpc) is 2.40. The monoisotopic (exact) mass is 268 g/mol. The van der Waals surface area contributed by atoms with Crippen molar-refractivity contribution < 1.29 is 14.3 Å². The van der Waals surface area contributed by atoms with Gasteiger partial charge >= 0.3 is 0 Å². The van der Waals surface area contributed by atoms with Gasteiger partial charge in [0, 0.05) is 39.1 Å². The molecule has 108 valence electrons. The Morgan fingerprint density at radius 3 is 2.79 bits per heavy atom. The van der Waals surface area contributed by atoms with Gasteiger partial charge in [-0.25, -0.2) is 0 Å². The number of likely N-dealkylation sites (tertiary alicyclic amines) is 1. The van der Waals surface area contributed by atoms with E-state index in [9.17, 15) is 9.59 Å². The second-order valence-electron chi connectivity index (χ2n) is 5.70. The van der Waals surface area contributed by atoms with Crippen LogP contribution in [0.4, 0.5) is 0 Å². The molecule has 0 spiro atoms. The minimum Gasteiger partial charge on any atom is -0.381 e. The van der Waals surface area contributed by atoms with E-state index in [0.717, 1.165) is 26.2 Å². The predicted molar refractivity (Wildman–Crippen MR) is 71.9 cm³/mol. The summed E-state index contributed by atoms with van der Waals surface area (Å²) in [5.41, 5.74) is 0. The lowest BCUT2D eigenvalue weighted by Gasteiger charge is -2.30. The summed E-state index contributed by atoms with van der Waals surface area (Å²) in [6.07, 6.45) is 3.36. The number of piperidine rings is 1. The molecular weight excluding hydrogens is 244 g/mol. The summed E-state index contributed by atoms with van der Waals surface area (Å²) < 4.78 is 5.46. The topological polar surface area (TPSA) is 49.9 Å². The van der Waals surface area contributed by atoms with Crippen molar-refractivity contribution in [2.24, 2.45) is 5.92 Å². The number of likely N-dealkylation sites (N-methyl/N-ethyl adjacent to an activating group) is 1. The van der Waals surface area contributed by atoms with Crippen molar-refractivity contribution in [2.75, 3.05) is 46.4 Å². The molecule has 0 radical (unpaired) electrons. The van der Waals surface area contributed by atoms with Gasteiger partial charge in [-0.05, 0) is 25.8 Å². The van der Waals surface area contributed by atoms with E-state index in [1.54, 1.807) is 0 Å². The molecule has 0 aliphatic carbocycles. The standard InChI is InChI=1S/C14H24N2O3/c1-15(9-12-3-2-8-19-11-12)10-14(18)16-6-4-13(17)5-7-16/h12H,2-11H2,1H3. The zero-order chi connectivity index (χ0) is 13.7. The molecule has 19 heavy (non-hydrogen) atoms. The molecule has 5 heteroatoms. The van der Waals surface area contributed by atoms with Gasteiger partial charge in [0.2, 0.25) is 5.91 Å². The van der Waals surface area contributed by atoms with Gasteiger partial charge in [0.05, 0.1) is 13.2 Å². The van der Waals surface area contributed by atoms with Gasteiger partial charge in [-0.1, -0.05) is 0 Å². The third-order valence-corrected chi connectivity index (χ3v) is 3.90. The Morgan fingerprint density at radius 2 is 2.16 bits per heavy atom. The van der Waals surface area contributed by atoms with E-state index in [0.29, 0.717) is 38.4 Å². The lowest BCUT2D eigenvalue weighted by Crippen LogP contribution is -2.44. The van der Waals surface area contributed by atoms with Crippen LogP contribution in [0, 0.1) is 5.92 Å². The number of hydrogen-bond acceptors (Lipinski definition) is 4. The third-order valence-electron chi connectivity index (χ3n) is 3.90. The Morgan fingerprint density at radius 1 is 1.42 bits per heavy atom. The average molecular weight is 268 g/mol. The molecule has 2 fully saturated rings. The summed E-state index contributed by atoms with van der Waals surface area (Å²) in [6, 6.07) is 0. The molecule has 1 amide bonds. The Balaban J connectivity index is 1.70. The van der Waals surface area contributed by atoms with Crippen LogP contribution >= 0.6 is 0 Å². The Kier molecular flexibility index (Phi) is 5.34. The molecular formula is C14H24N2O3. The van der Waals surface area contributed by atoms with E-state index >= 15 is 0 Å². The first-order chi connectivity index (χ1) is 9.15. The van der Waals surface area contributed by atoms with Gasteiger partial charge in [0.15, 0.2) is 0 Å². The van der Waals surface area contributed by atoms with Crippen molar-refractivity contribution in [2.45, 2.75) is 25.7 Å². The first kappa shape index (κ1) is 14.5. The highest BCUT2D eigenvalue weighted by Crippen LogP contribution is 2.14. The van der Waals surface area contributed by atoms with Crippen molar-refractivity contribution in [3.05, 3.63) is 0 Å². The van der Waals surface area contributed by atoms with Crippen LogP contribution in [0.5, 0.6) is 0 Å². The first-order valence-corrected chi connectivity index (χ1v) is 7.21. The zero-order valence-electron chi connectivity index (χ0n) is 11.8. The van der Waals surface area contributed by atoms with Gasteiger partial charge in [-0.2, -0.15) is 0 Å². The van der Waals surface area contributed by atoms with Crippen LogP contribution in [0.25, 0.3) is 0 Å². The van der Waals surface area contributed by atoms with E-state index in [1.807, 2.05) is 11.9 Å². The summed E-state index contributed by atoms with van der Waals surface area (Å²) in [7, 11) is 1.99. The highest BCUT2D eigenvalue weighted by atomic mass is 16.5. The van der Waals surface area contributed by atoms with Crippen molar-refractivity contribution >= 4 is 11.7 Å². The summed E-state index contributed by atoms with van der Waals surface area (Å²) in [5.74, 6) is 0.970. The maximum atomic E-state index is 12.1. The Labute approximate surface area is 114 Å². The van der Waals surface area contributed by atoms with E-state index < -0.39 is 0 Å². The molecule has 0 saturated carbocycles. The summed E-state index contributed by atoms with van der Waals surface area (Å²) in [5, 5.41) is 0. The highest BCUT2D eigenvalue weighted by molar-refractivity contribution is 5.84. The van der Waals surface area contributed by atoms with E-state index in [-0.39, 0.29) is 11.7 Å². The number of Topliss-reactive ketones (excluding diaryl/α,β-unsaturated/α-hetero) is 1. The van der Waals surface area contributed by atoms with Crippen LogP contribution in [-0.4, -0.2) is 67.9 Å². The van der Waals surface area contributed by atoms with E-state index in [2.05, 4.69) is 4.90 Å². The van der Waals surface area contributed by atoms with Crippen LogP contribution < -0.4 is 0 Å². The maximum Gasteiger partial charge on any atom is 0.236 e. The third kappa shape index (κ3) is 4.58. The number of ether oxygens (including phenoxy) is 1. The minimum atomic E-state index is 0.145. The number of nitrogens with zero attached hydrogens (tertiary/aromatic N) is 2. The fraction of sp³-hybridized carbons (Fsp3) is 0.857. The van der Waals surface area contributed by atoms with Crippen LogP contribution in [0.2, 0.25) is 0 Å². The lowest BCUT2D eigenvalue weighted by molar-refractivity contribution is -0.135. The van der Waals surface area contributed by atoms with Gasteiger partial charge in [0.25, 0.3) is 0 Å². The van der Waals surface area contributed by atoms with Crippen LogP contribution in [-0.2, 0) is 14.3 Å². The van der Waals surface area contributed by atoms with Gasteiger partial charge in [-0.15, -0.1) is 0 Å². The van der Waals surface area contributed by atoms with Crippen LogP contribution in [0.1, 0.15) is 25.7 Å². The fourth-order valence-electron chi connectivity index (χ4n) is 2.79. The largest absolute Gasteiger partial charge is 0.381 e. The molecule has 2 heterocycles. The Bertz CT molecular complexity index is 317. The molecule has 0 aromatic heterocycles. The number of ketones is 1. The Hall–Kier alpha value is -0.940. The lowest BCUT2D eigenvalue weighted by atomic mass is 10.0. The second-order valence-corrected chi connectivity index (χ2v) is 5.70. The predicted octanol–water partition coefficient (Wildman–Crippen LogP) is 0.536. The molecule has 0 bridgehead atoms. The minimum absolute atomic E-state index is 0.145. The number of carbonyl (C=O) groups is 2. The van der Waals surface area contributed by atoms with Crippen molar-refractivity contribution in [1.82, 2.24) is 9.80 Å². The zero-order valence-corrected chi connectivity index (χ0v) is 11.8. The van der Waals surface area contributed by atoms with E-state index in [1.165, 1.54) is 6.42 Å². The van der Waals surface area contributed by atoms with Gasteiger partial charge < -0.3 is 9.64 Å². The summed E-state index contributed by atoms with van der Waals surface area (Å²) in [6.45, 7) is 4.25. The highest BCUT2D eigenvalue weighted by Gasteiger charge is 2.23. The molecule has 0 aromatic rings. The molecule has 2 aliphatic heterocycles. The van der Waals surface area contributed by atoms with Gasteiger partial charge in [0.1, 0.15) is 5.78 Å². The molecule has 2 aliphatic rings. The maximum absolute atomic E-state index is 12.1. The van der Waals surface area contributed by atoms with Crippen LogP contribution in [0.15, 0.2) is 0 Å². The van der Waals surface area contributed by atoms with Crippen molar-refractivity contribution in [3.8, 4) is 0 Å². The number of rotatable bonds is 4. The molecule has 2 saturated heterocycles. The molecule has 0 N–H and O–H groups in total. The molecule has 1 atom stereocenters. The summed E-state index contributed by atoms with van der Waals surface area (Å²) >= 11 is 0. The van der Waals surface area contributed by atoms with Gasteiger partial charge in [-0.3, -0.25) is 14.5 Å². The SMILES string of the molecule is CN(CC(=O)N1CCC(=O)CC1)CC1CCCOC1. The van der Waals surface area contributed by atoms with E-state index in [4.69, 9.17) is 4.74 Å². The molecule has 5 nitrogen and oxygen atoms in total. The normalized spacial score (nSPS) is 24.8. The molecule has 1 unspecified atom stereocenters. The molecule has 2 rings (SSSR count). The van der Waals surface area contributed by atoms with Crippen molar-refractivity contribution in [1.29, 1.82) is 0 Å². The fourth-order valence-corrected chi connectivity index (χ4v) is 2.79. The summed E-state index contributed by atoms with van der Waals surface area (Å²) in [4.78, 5) is 27.1. The number of amides is 1. The van der Waals surface area contributed by atoms with Crippen molar-refractivity contribution in [3.63, 3.8) is 0 Å². The quantitative estimate of drug-likeness (QED) is 0.746. The number of carbonyl (C=O) groups excluding carboxylic acids is 2. The molecule has 0 aromatic carbocycles. The second kappa shape index (κ2) is 7.01. The van der Waals surface area contributed by atoms with Crippen LogP contribution in [0.3, 0.4) is 0 Å². The number of hydrogen-bond donors (Lipinski definition) is 0.